The molecule has 3 aromatic rings. The number of para-hydroxylation sites is 1. The van der Waals surface area contributed by atoms with Crippen LogP contribution in [0, 0.1) is 25.2 Å². The van der Waals surface area contributed by atoms with E-state index in [2.05, 4.69) is 25.1 Å². The molecule has 1 unspecified atom stereocenters. The molecule has 0 radical (unpaired) electrons. The van der Waals surface area contributed by atoms with Gasteiger partial charge in [-0.05, 0) is 0 Å². The van der Waals surface area contributed by atoms with Gasteiger partial charge in [-0.25, -0.2) is 0 Å². The number of nitrogens with one attached hydrogen (secondary N) is 2. The van der Waals surface area contributed by atoms with Gasteiger partial charge in [0, 0.05) is 0 Å². The van der Waals surface area contributed by atoms with Crippen molar-refractivity contribution in [2.45, 2.75) is 70.0 Å². The number of aryl methyl sites for hydroxylation is 2. The van der Waals surface area contributed by atoms with Crippen molar-refractivity contribution >= 4 is 27.3 Å². The van der Waals surface area contributed by atoms with Crippen molar-refractivity contribution in [3.05, 3.63) is 95.5 Å². The first-order chi connectivity index (χ1) is 24.4. The molecule has 2 aromatic heterocycles. The Morgan fingerprint density at radius 1 is 0.961 bits per heavy atom. The monoisotopic (exact) mass is 797 g/mol. The van der Waals surface area contributed by atoms with Crippen molar-refractivity contribution < 1.29 is 42.4 Å². The van der Waals surface area contributed by atoms with Gasteiger partial charge in [-0.3, -0.25) is 0 Å². The van der Waals surface area contributed by atoms with E-state index in [0.717, 1.165) is 0 Å². The molecule has 0 spiro atoms. The molecule has 3 N–H and O–H groups in total. The number of aromatic nitrogens is 4. The number of ether oxygens (including phenoxy) is 4. The fourth-order valence-corrected chi connectivity index (χ4v) is 8.33. The SMILES string of the molecule is Cc1cn([C@H]2C[C@H](OC(=O)COc3ccccc3)[C@@H](COP(=[Se])(OCCC#N)O[C@H]3C[C@H](n4cc(C)c(=O)[nH]c4=O)O[C@@H]3CO)O2)c(=O)[nH]c1=O. The molecule has 4 heterocycles. The third-order valence-electron chi connectivity index (χ3n) is 7.96. The van der Waals surface area contributed by atoms with Gasteiger partial charge in [0.05, 0.1) is 0 Å². The number of nitrogens with zero attached hydrogens (tertiary/aromatic N) is 3. The van der Waals surface area contributed by atoms with Crippen molar-refractivity contribution in [3.8, 4) is 11.8 Å². The Balaban J connectivity index is 1.34. The van der Waals surface area contributed by atoms with E-state index in [1.807, 2.05) is 6.07 Å². The Bertz CT molecular complexity index is 2030. The number of esters is 1. The van der Waals surface area contributed by atoms with Gasteiger partial charge in [0.25, 0.3) is 0 Å². The van der Waals surface area contributed by atoms with E-state index in [1.54, 1.807) is 30.3 Å². The van der Waals surface area contributed by atoms with E-state index < -0.39 is 84.7 Å². The normalized spacial score (nSPS) is 24.1. The van der Waals surface area contributed by atoms with Crippen molar-refractivity contribution in [2.75, 3.05) is 26.4 Å². The molecule has 2 aliphatic heterocycles. The molecule has 2 saturated heterocycles. The van der Waals surface area contributed by atoms with Crippen LogP contribution in [0.15, 0.2) is 61.9 Å². The van der Waals surface area contributed by atoms with Crippen LogP contribution in [0.25, 0.3) is 0 Å². The van der Waals surface area contributed by atoms with Crippen LogP contribution in [0.3, 0.4) is 0 Å². The quantitative estimate of drug-likeness (QED) is 0.0820. The molecule has 1 aromatic carbocycles. The van der Waals surface area contributed by atoms with Gasteiger partial charge in [0.2, 0.25) is 0 Å². The van der Waals surface area contributed by atoms with Gasteiger partial charge in [-0.15, -0.1) is 0 Å². The third kappa shape index (κ3) is 9.69. The molecule has 5 rings (SSSR count). The number of aromatic amines is 2. The molecular formula is C31H36N5O13PSe. The Hall–Kier alpha value is -3.95. The van der Waals surface area contributed by atoms with E-state index in [-0.39, 0.29) is 43.6 Å². The molecule has 0 bridgehead atoms. The zero-order valence-electron chi connectivity index (χ0n) is 27.5. The second-order valence-corrected chi connectivity index (χ2v) is 16.1. The minimum atomic E-state index is -3.50. The van der Waals surface area contributed by atoms with E-state index in [1.165, 1.54) is 35.4 Å². The number of nitriles is 1. The molecule has 0 saturated carbocycles. The van der Waals surface area contributed by atoms with Gasteiger partial charge in [-0.2, -0.15) is 0 Å². The van der Waals surface area contributed by atoms with E-state index in [4.69, 9.17) is 37.8 Å². The standard InChI is InChI=1S/C31H36N5O13PSe/c1-18-13-35(30(41)33-28(18)39)25-11-21(48-27(38)17-43-20-7-4-3-5-8-20)24(47-25)16-45-50(51,44-10-6-9-32)49-22-12-26(46-23(22)15-37)36-14-19(2)29(40)34-31(36)42/h3-5,7-8,13-14,21-26,37H,6,10-12,15-17H2,1-2H3,(H,33,39,41)(H,34,40,42)/t21-,22-,23+,24+,25+,26+,50?/m0/s1. The molecule has 274 valence electrons. The fraction of sp³-hybridized carbons (Fsp3) is 0.484. The number of benzene rings is 1. The summed E-state index contributed by atoms with van der Waals surface area (Å²) in [7, 11) is 0. The summed E-state index contributed by atoms with van der Waals surface area (Å²) in [6.07, 6.45) is -6.45. The number of hydrogen-bond donors (Lipinski definition) is 3. The van der Waals surface area contributed by atoms with Crippen LogP contribution in [0.1, 0.15) is 42.8 Å². The first-order valence-electron chi connectivity index (χ1n) is 15.8. The van der Waals surface area contributed by atoms with Crippen molar-refractivity contribution in [2.24, 2.45) is 0 Å². The van der Waals surface area contributed by atoms with E-state index >= 15 is 0 Å². The van der Waals surface area contributed by atoms with Crippen molar-refractivity contribution in [1.82, 2.24) is 19.1 Å². The summed E-state index contributed by atoms with van der Waals surface area (Å²) in [6.45, 7) is 1.72. The van der Waals surface area contributed by atoms with Gasteiger partial charge < -0.3 is 0 Å². The Morgan fingerprint density at radius 3 is 2.14 bits per heavy atom. The molecule has 51 heavy (non-hydrogen) atoms. The molecule has 18 nitrogen and oxygen atoms in total. The van der Waals surface area contributed by atoms with Crippen LogP contribution in [-0.2, 0) is 32.6 Å². The average Bonchev–Trinajstić information content (AvgIpc) is 3.69. The molecule has 0 aliphatic carbocycles. The second-order valence-electron chi connectivity index (χ2n) is 11.6. The molecule has 0 amide bonds. The predicted molar refractivity (Wildman–Crippen MR) is 178 cm³/mol. The Kier molecular flexibility index (Phi) is 12.8. The van der Waals surface area contributed by atoms with Gasteiger partial charge in [0.1, 0.15) is 0 Å². The molecular weight excluding hydrogens is 760 g/mol. The number of aliphatic hydroxyl groups excluding tert-OH is 1. The first kappa shape index (κ1) is 38.3. The van der Waals surface area contributed by atoms with Crippen LogP contribution >= 0.6 is 6.19 Å². The molecule has 7 atom stereocenters. The van der Waals surface area contributed by atoms with Crippen LogP contribution in [0.5, 0.6) is 5.75 Å². The summed E-state index contributed by atoms with van der Waals surface area (Å²) in [4.78, 5) is 66.5. The zero-order valence-corrected chi connectivity index (χ0v) is 30.1. The maximum atomic E-state index is 12.9. The summed E-state index contributed by atoms with van der Waals surface area (Å²) < 4.78 is 44.0. The summed E-state index contributed by atoms with van der Waals surface area (Å²) in [5.74, 6) is -0.269. The zero-order chi connectivity index (χ0) is 36.7. The first-order valence-corrected chi connectivity index (χ1v) is 19.5. The van der Waals surface area contributed by atoms with Crippen molar-refractivity contribution in [3.63, 3.8) is 0 Å². The summed E-state index contributed by atoms with van der Waals surface area (Å²) >= 11 is 2.79. The minimum absolute atomic E-state index is 0.00355. The van der Waals surface area contributed by atoms with Crippen LogP contribution in [-0.4, -0.2) is 96.1 Å². The Labute approximate surface area is 297 Å². The summed E-state index contributed by atoms with van der Waals surface area (Å²) in [5.41, 5.74) is -2.02. The predicted octanol–water partition coefficient (Wildman–Crippen LogP) is 0.440. The van der Waals surface area contributed by atoms with Crippen LogP contribution in [0.2, 0.25) is 0 Å². The van der Waals surface area contributed by atoms with E-state index in [0.29, 0.717) is 5.75 Å². The summed E-state index contributed by atoms with van der Waals surface area (Å²) in [5, 5.41) is 19.3. The second kappa shape index (κ2) is 17.0. The van der Waals surface area contributed by atoms with Crippen LogP contribution in [0.4, 0.5) is 0 Å². The van der Waals surface area contributed by atoms with Crippen molar-refractivity contribution in [1.29, 1.82) is 5.26 Å². The number of hydrogen-bond acceptors (Lipinski definition) is 14. The number of aliphatic hydroxyl groups is 1. The topological polar surface area (TPSA) is 235 Å². The number of H-pyrrole nitrogens is 2. The van der Waals surface area contributed by atoms with E-state index in [9.17, 15) is 29.1 Å². The molecule has 2 aliphatic rings. The number of carbonyl (C=O) groups is 1. The Morgan fingerprint density at radius 2 is 1.55 bits per heavy atom. The van der Waals surface area contributed by atoms with Crippen LogP contribution < -0.4 is 27.2 Å². The maximum absolute atomic E-state index is 12.9. The average molecular weight is 797 g/mol. The molecule has 2 fully saturated rings. The van der Waals surface area contributed by atoms with Gasteiger partial charge in [0.15, 0.2) is 0 Å². The summed E-state index contributed by atoms with van der Waals surface area (Å²) in [6, 6.07) is 10.6. The fourth-order valence-electron chi connectivity index (χ4n) is 5.39. The number of rotatable bonds is 15. The third-order valence-corrected chi connectivity index (χ3v) is 11.3. The number of carbonyl (C=O) groups excluding carboxylic acids is 1. The molecule has 20 heteroatoms. The van der Waals surface area contributed by atoms with Gasteiger partial charge >= 0.3 is 292 Å². The van der Waals surface area contributed by atoms with Gasteiger partial charge in [-0.1, -0.05) is 6.07 Å².